The molecule has 0 aromatic heterocycles. The lowest BCUT2D eigenvalue weighted by Gasteiger charge is -2.24. The second kappa shape index (κ2) is 3.10. The largest absolute Gasteiger partial charge is 0.427 e. The zero-order valence-electron chi connectivity index (χ0n) is 8.44. The molecule has 0 saturated heterocycles. The zero-order valence-corrected chi connectivity index (χ0v) is 8.44. The van der Waals surface area contributed by atoms with E-state index in [9.17, 15) is 4.79 Å². The van der Waals surface area contributed by atoms with Crippen LogP contribution >= 0.6 is 0 Å². The van der Waals surface area contributed by atoms with E-state index in [-0.39, 0.29) is 0 Å². The van der Waals surface area contributed by atoms with E-state index in [4.69, 9.17) is 10.5 Å². The average molecular weight is 211 g/mol. The molecule has 78 valence electrons. The van der Waals surface area contributed by atoms with Crippen LogP contribution in [-0.2, 0) is 4.79 Å². The van der Waals surface area contributed by atoms with Gasteiger partial charge in [0.15, 0.2) is 5.75 Å². The number of ether oxygens (including phenoxy) is 1. The van der Waals surface area contributed by atoms with Gasteiger partial charge in [0, 0.05) is 0 Å². The van der Waals surface area contributed by atoms with Crippen LogP contribution in [0.15, 0.2) is 36.4 Å². The normalized spacial score (nSPS) is 11.0. The summed E-state index contributed by atoms with van der Waals surface area (Å²) in [5.41, 5.74) is 10.8. The van der Waals surface area contributed by atoms with Crippen molar-refractivity contribution in [2.24, 2.45) is 0 Å². The van der Waals surface area contributed by atoms with Crippen molar-refractivity contribution >= 4 is 12.2 Å². The Morgan fingerprint density at radius 3 is 2.25 bits per heavy atom. The Labute approximate surface area is 92.5 Å². The Bertz CT molecular complexity index is 590. The van der Waals surface area contributed by atoms with Gasteiger partial charge in [-0.3, -0.25) is 4.79 Å². The molecule has 0 spiro atoms. The lowest BCUT2D eigenvalue weighted by atomic mass is 9.80. The van der Waals surface area contributed by atoms with E-state index in [0.717, 1.165) is 11.1 Å². The lowest BCUT2D eigenvalue weighted by Crippen LogP contribution is -2.02. The standard InChI is InChI=1S/C13H9NO2/c14-12-5-10-8-3-1-2-4-9(8)11(10)6-13(12)16-7-15/h1-7H,14H2. The summed E-state index contributed by atoms with van der Waals surface area (Å²) in [6.07, 6.45) is 0. The first-order valence-electron chi connectivity index (χ1n) is 4.95. The van der Waals surface area contributed by atoms with Crippen LogP contribution in [0.25, 0.3) is 22.3 Å². The smallest absolute Gasteiger partial charge is 0.298 e. The van der Waals surface area contributed by atoms with Crippen LogP contribution in [0, 0.1) is 0 Å². The summed E-state index contributed by atoms with van der Waals surface area (Å²) >= 11 is 0. The van der Waals surface area contributed by atoms with E-state index < -0.39 is 0 Å². The van der Waals surface area contributed by atoms with E-state index in [1.54, 1.807) is 6.07 Å². The molecule has 0 bridgehead atoms. The fourth-order valence-corrected chi connectivity index (χ4v) is 2.09. The number of nitrogen functional groups attached to an aromatic ring is 1. The van der Waals surface area contributed by atoms with Gasteiger partial charge in [-0.1, -0.05) is 24.3 Å². The predicted molar refractivity (Wildman–Crippen MR) is 62.0 cm³/mol. The third kappa shape index (κ3) is 1.05. The van der Waals surface area contributed by atoms with Gasteiger partial charge in [-0.2, -0.15) is 0 Å². The van der Waals surface area contributed by atoms with E-state index in [2.05, 4.69) is 6.07 Å². The fraction of sp³-hybridized carbons (Fsp3) is 0. The molecule has 3 nitrogen and oxygen atoms in total. The molecule has 2 N–H and O–H groups in total. The Balaban J connectivity index is 2.16. The molecule has 1 aliphatic rings. The summed E-state index contributed by atoms with van der Waals surface area (Å²) in [5, 5.41) is 0. The lowest BCUT2D eigenvalue weighted by molar-refractivity contribution is -0.120. The number of hydrogen-bond acceptors (Lipinski definition) is 3. The topological polar surface area (TPSA) is 52.3 Å². The molecule has 3 rings (SSSR count). The van der Waals surface area contributed by atoms with Crippen molar-refractivity contribution in [3.8, 4) is 28.0 Å². The molecule has 0 amide bonds. The number of anilines is 1. The highest BCUT2D eigenvalue weighted by Crippen LogP contribution is 2.49. The highest BCUT2D eigenvalue weighted by molar-refractivity contribution is 6.04. The number of carbonyl (C=O) groups excluding carboxylic acids is 1. The monoisotopic (exact) mass is 211 g/mol. The highest BCUT2D eigenvalue weighted by Gasteiger charge is 2.23. The van der Waals surface area contributed by atoms with Gasteiger partial charge in [-0.05, 0) is 34.4 Å². The second-order valence-corrected chi connectivity index (χ2v) is 3.70. The van der Waals surface area contributed by atoms with Gasteiger partial charge in [0.25, 0.3) is 6.47 Å². The van der Waals surface area contributed by atoms with Crippen LogP contribution in [0.3, 0.4) is 0 Å². The summed E-state index contributed by atoms with van der Waals surface area (Å²) in [6, 6.07) is 11.7. The van der Waals surface area contributed by atoms with Crippen LogP contribution in [0.2, 0.25) is 0 Å². The summed E-state index contributed by atoms with van der Waals surface area (Å²) in [6.45, 7) is 0.392. The molecule has 0 atom stereocenters. The summed E-state index contributed by atoms with van der Waals surface area (Å²) in [5.74, 6) is 0.420. The zero-order chi connectivity index (χ0) is 11.1. The minimum atomic E-state index is 0.392. The van der Waals surface area contributed by atoms with Crippen LogP contribution in [-0.4, -0.2) is 6.47 Å². The maximum atomic E-state index is 10.3. The Morgan fingerprint density at radius 2 is 1.62 bits per heavy atom. The first-order chi connectivity index (χ1) is 7.81. The van der Waals surface area contributed by atoms with Crippen LogP contribution in [0.1, 0.15) is 0 Å². The molecular formula is C13H9NO2. The minimum absolute atomic E-state index is 0.392. The molecular weight excluding hydrogens is 202 g/mol. The van der Waals surface area contributed by atoms with Gasteiger partial charge in [-0.15, -0.1) is 0 Å². The maximum absolute atomic E-state index is 10.3. The first-order valence-corrected chi connectivity index (χ1v) is 4.95. The number of nitrogens with two attached hydrogens (primary N) is 1. The number of fused-ring (bicyclic) bond motifs is 4. The summed E-state index contributed by atoms with van der Waals surface area (Å²) in [4.78, 5) is 10.3. The van der Waals surface area contributed by atoms with Gasteiger partial charge in [-0.25, -0.2) is 0 Å². The van der Waals surface area contributed by atoms with E-state index in [0.29, 0.717) is 17.9 Å². The van der Waals surface area contributed by atoms with Crippen molar-refractivity contribution in [1.29, 1.82) is 0 Å². The molecule has 0 heterocycles. The number of carbonyl (C=O) groups is 1. The van der Waals surface area contributed by atoms with Gasteiger partial charge in [0.05, 0.1) is 5.69 Å². The third-order valence-electron chi connectivity index (χ3n) is 2.83. The van der Waals surface area contributed by atoms with Crippen LogP contribution in [0.4, 0.5) is 5.69 Å². The quantitative estimate of drug-likeness (QED) is 0.523. The van der Waals surface area contributed by atoms with E-state index in [1.165, 1.54) is 11.1 Å². The average Bonchev–Trinajstić information content (AvgIpc) is 2.30. The van der Waals surface area contributed by atoms with E-state index >= 15 is 0 Å². The maximum Gasteiger partial charge on any atom is 0.298 e. The van der Waals surface area contributed by atoms with Crippen molar-refractivity contribution in [1.82, 2.24) is 0 Å². The minimum Gasteiger partial charge on any atom is -0.427 e. The van der Waals surface area contributed by atoms with Crippen molar-refractivity contribution in [3.05, 3.63) is 36.4 Å². The van der Waals surface area contributed by atoms with Gasteiger partial charge in [0.1, 0.15) is 0 Å². The number of hydrogen-bond donors (Lipinski definition) is 1. The molecule has 0 unspecified atom stereocenters. The van der Waals surface area contributed by atoms with Gasteiger partial charge >= 0.3 is 0 Å². The highest BCUT2D eigenvalue weighted by atomic mass is 16.5. The van der Waals surface area contributed by atoms with Crippen molar-refractivity contribution in [3.63, 3.8) is 0 Å². The van der Waals surface area contributed by atoms with Crippen molar-refractivity contribution in [2.45, 2.75) is 0 Å². The van der Waals surface area contributed by atoms with Gasteiger partial charge in [0.2, 0.25) is 0 Å². The molecule has 1 aliphatic carbocycles. The SMILES string of the molecule is Nc1cc2c(cc1OC=O)-c1ccccc1-2. The molecule has 3 heteroatoms. The number of rotatable bonds is 2. The van der Waals surface area contributed by atoms with Crippen molar-refractivity contribution in [2.75, 3.05) is 5.73 Å². The molecule has 2 aromatic rings. The predicted octanol–water partition coefficient (Wildman–Crippen LogP) is 2.45. The molecule has 0 radical (unpaired) electrons. The summed E-state index contributed by atoms with van der Waals surface area (Å²) < 4.78 is 4.82. The third-order valence-corrected chi connectivity index (χ3v) is 2.83. The van der Waals surface area contributed by atoms with Gasteiger partial charge < -0.3 is 10.5 Å². The van der Waals surface area contributed by atoms with Crippen LogP contribution in [0.5, 0.6) is 5.75 Å². The molecule has 0 fully saturated rings. The first kappa shape index (κ1) is 8.97. The second-order valence-electron chi connectivity index (χ2n) is 3.70. The Hall–Kier alpha value is -2.29. The number of benzene rings is 2. The Morgan fingerprint density at radius 1 is 1.00 bits per heavy atom. The van der Waals surface area contributed by atoms with Crippen molar-refractivity contribution < 1.29 is 9.53 Å². The van der Waals surface area contributed by atoms with E-state index in [1.807, 2.05) is 24.3 Å². The van der Waals surface area contributed by atoms with Crippen LogP contribution < -0.4 is 10.5 Å². The molecule has 0 aliphatic heterocycles. The molecule has 2 aromatic carbocycles. The summed E-state index contributed by atoms with van der Waals surface area (Å²) in [7, 11) is 0. The molecule has 16 heavy (non-hydrogen) atoms. The molecule has 0 saturated carbocycles. The fourth-order valence-electron chi connectivity index (χ4n) is 2.09. The Kier molecular flexibility index (Phi) is 1.74.